The van der Waals surface area contributed by atoms with Gasteiger partial charge in [0.15, 0.2) is 5.60 Å². The Morgan fingerprint density at radius 1 is 0.840 bits per heavy atom. The average Bonchev–Trinajstić information content (AvgIpc) is 3.04. The van der Waals surface area contributed by atoms with Gasteiger partial charge < -0.3 is 31.3 Å². The molecule has 2 aliphatic rings. The predicted molar refractivity (Wildman–Crippen MR) is 170 cm³/mol. The number of allylic oxidation sites excluding steroid dienone is 1. The van der Waals surface area contributed by atoms with Gasteiger partial charge in [-0.3, -0.25) is 44.1 Å². The third-order valence-electron chi connectivity index (χ3n) is 8.16. The van der Waals surface area contributed by atoms with Crippen molar-refractivity contribution in [2.75, 3.05) is 26.2 Å². The largest absolute Gasteiger partial charge is 0.479 e. The number of β-lactam (4-membered cyclic amide) rings is 1. The molecule has 0 aliphatic carbocycles. The van der Waals surface area contributed by atoms with Crippen LogP contribution in [0.2, 0.25) is 0 Å². The smallest absolute Gasteiger partial charge is 0.353 e. The van der Waals surface area contributed by atoms with Crippen LogP contribution in [0.25, 0.3) is 0 Å². The Morgan fingerprint density at radius 2 is 1.38 bits per heavy atom. The number of unbranched alkanes of at least 4 members (excludes halogenated alkanes) is 4. The van der Waals surface area contributed by atoms with Crippen molar-refractivity contribution in [3.05, 3.63) is 10.7 Å². The summed E-state index contributed by atoms with van der Waals surface area (Å²) in [6.45, 7) is 1.50. The number of hydroxylamine groups is 4. The second-order valence-corrected chi connectivity index (χ2v) is 12.5. The Kier molecular flexibility index (Phi) is 16.5. The summed E-state index contributed by atoms with van der Waals surface area (Å²) >= 11 is 5.94. The minimum atomic E-state index is -2.64. The molecule has 2 aliphatic heterocycles. The molecular weight excluding hydrogens is 688 g/mol. The van der Waals surface area contributed by atoms with Crippen molar-refractivity contribution >= 4 is 59.0 Å². The van der Waals surface area contributed by atoms with Crippen molar-refractivity contribution in [1.82, 2.24) is 31.0 Å². The van der Waals surface area contributed by atoms with Crippen LogP contribution in [0, 0.1) is 0 Å². The van der Waals surface area contributed by atoms with Gasteiger partial charge in [0, 0.05) is 51.0 Å². The predicted octanol–water partition coefficient (Wildman–Crippen LogP) is -0.585. The molecule has 280 valence electrons. The van der Waals surface area contributed by atoms with Crippen LogP contribution >= 0.6 is 11.6 Å². The van der Waals surface area contributed by atoms with Crippen LogP contribution in [0.5, 0.6) is 0 Å². The van der Waals surface area contributed by atoms with Crippen molar-refractivity contribution in [2.45, 2.75) is 102 Å². The van der Waals surface area contributed by atoms with E-state index in [1.165, 1.54) is 6.92 Å². The van der Waals surface area contributed by atoms with Crippen LogP contribution in [-0.4, -0.2) is 132 Å². The molecule has 20 heteroatoms. The fourth-order valence-electron chi connectivity index (χ4n) is 5.35. The van der Waals surface area contributed by atoms with Gasteiger partial charge in [0.25, 0.3) is 5.91 Å². The number of nitrogens with zero attached hydrogens (tertiary/aromatic N) is 3. The molecule has 3 atom stereocenters. The van der Waals surface area contributed by atoms with E-state index in [0.29, 0.717) is 55.1 Å². The lowest BCUT2D eigenvalue weighted by Crippen LogP contribution is -2.71. The summed E-state index contributed by atoms with van der Waals surface area (Å²) < 4.78 is 0. The number of halogens is 1. The maximum Gasteiger partial charge on any atom is 0.353 e. The zero-order valence-corrected chi connectivity index (χ0v) is 28.4. The molecule has 2 rings (SSSR count). The lowest BCUT2D eigenvalue weighted by molar-refractivity contribution is -0.166. The zero-order chi connectivity index (χ0) is 37.6. The third kappa shape index (κ3) is 12.5. The van der Waals surface area contributed by atoms with Crippen molar-refractivity contribution in [3.8, 4) is 0 Å². The molecular formula is C30H45ClN6O13. The molecule has 6 amide bonds. The van der Waals surface area contributed by atoms with Crippen molar-refractivity contribution in [1.29, 1.82) is 0 Å². The van der Waals surface area contributed by atoms with E-state index in [1.54, 1.807) is 0 Å². The SMILES string of the molecule is CC(=O)N(O)CCCCCNC(=O)CC(O)(CC(=O)NCCCCCN(O)C(=O)CCC(=O)N[C@@H]1C(=O)N2C(C(=O)O)=C(Cl)CC[C@H]12)C(=O)O. The number of carbonyl (C=O) groups excluding carboxylic acids is 6. The van der Waals surface area contributed by atoms with E-state index in [9.17, 15) is 64.1 Å². The van der Waals surface area contributed by atoms with E-state index in [2.05, 4.69) is 16.0 Å². The molecule has 0 saturated carbocycles. The van der Waals surface area contributed by atoms with E-state index in [4.69, 9.17) is 11.6 Å². The van der Waals surface area contributed by atoms with E-state index < -0.39 is 77.9 Å². The third-order valence-corrected chi connectivity index (χ3v) is 8.52. The molecule has 1 saturated heterocycles. The van der Waals surface area contributed by atoms with Crippen LogP contribution in [0.4, 0.5) is 0 Å². The summed E-state index contributed by atoms with van der Waals surface area (Å²) in [7, 11) is 0. The van der Waals surface area contributed by atoms with Crippen LogP contribution in [0.1, 0.15) is 84.0 Å². The number of carboxylic acids is 2. The maximum absolute atomic E-state index is 12.4. The molecule has 1 unspecified atom stereocenters. The van der Waals surface area contributed by atoms with Crippen LogP contribution < -0.4 is 16.0 Å². The van der Waals surface area contributed by atoms with E-state index >= 15 is 0 Å². The average molecular weight is 733 g/mol. The Balaban J connectivity index is 1.59. The summed E-state index contributed by atoms with van der Waals surface area (Å²) in [4.78, 5) is 96.5. The number of hydrogen-bond acceptors (Lipinski definition) is 11. The van der Waals surface area contributed by atoms with E-state index in [1.807, 2.05) is 0 Å². The second-order valence-electron chi connectivity index (χ2n) is 12.1. The second kappa shape index (κ2) is 19.8. The fraction of sp³-hybridized carbons (Fsp3) is 0.667. The van der Waals surface area contributed by atoms with Gasteiger partial charge in [-0.25, -0.2) is 19.7 Å². The highest BCUT2D eigenvalue weighted by Crippen LogP contribution is 2.38. The first kappa shape index (κ1) is 41.8. The number of aliphatic carboxylic acids is 2. The quantitative estimate of drug-likeness (QED) is 0.0300. The number of carbonyl (C=O) groups is 8. The van der Waals surface area contributed by atoms with Gasteiger partial charge in [0.05, 0.1) is 18.9 Å². The number of aliphatic hydroxyl groups is 1. The molecule has 0 aromatic rings. The summed E-state index contributed by atoms with van der Waals surface area (Å²) in [6, 6.07) is -1.49. The Hall–Kier alpha value is -4.33. The fourth-order valence-corrected chi connectivity index (χ4v) is 5.63. The number of amides is 6. The molecule has 0 radical (unpaired) electrons. The number of hydrogen-bond donors (Lipinski definition) is 8. The van der Waals surface area contributed by atoms with Gasteiger partial charge in [0.1, 0.15) is 11.7 Å². The molecule has 50 heavy (non-hydrogen) atoms. The molecule has 2 heterocycles. The van der Waals surface area contributed by atoms with E-state index in [-0.39, 0.29) is 56.2 Å². The summed E-state index contributed by atoms with van der Waals surface area (Å²) in [6.07, 6.45) is 0.827. The van der Waals surface area contributed by atoms with Gasteiger partial charge in [-0.05, 0) is 51.4 Å². The maximum atomic E-state index is 12.4. The first-order valence-electron chi connectivity index (χ1n) is 16.2. The van der Waals surface area contributed by atoms with Gasteiger partial charge >= 0.3 is 11.9 Å². The minimum Gasteiger partial charge on any atom is -0.479 e. The monoisotopic (exact) mass is 732 g/mol. The normalized spacial score (nSPS) is 17.9. The van der Waals surface area contributed by atoms with Crippen molar-refractivity contribution in [3.63, 3.8) is 0 Å². The van der Waals surface area contributed by atoms with Crippen molar-refractivity contribution < 1.29 is 64.1 Å². The van der Waals surface area contributed by atoms with E-state index in [0.717, 1.165) is 4.90 Å². The summed E-state index contributed by atoms with van der Waals surface area (Å²) in [5.74, 6) is -7.14. The summed E-state index contributed by atoms with van der Waals surface area (Å²) in [5, 5.41) is 57.0. The molecule has 0 spiro atoms. The lowest BCUT2D eigenvalue weighted by atomic mass is 9.86. The Morgan fingerprint density at radius 3 is 1.88 bits per heavy atom. The molecule has 0 aromatic heterocycles. The number of rotatable bonds is 22. The van der Waals surface area contributed by atoms with Crippen molar-refractivity contribution in [2.24, 2.45) is 0 Å². The molecule has 0 aromatic carbocycles. The first-order chi connectivity index (χ1) is 23.5. The highest BCUT2D eigenvalue weighted by Gasteiger charge is 2.53. The zero-order valence-electron chi connectivity index (χ0n) is 27.7. The Bertz CT molecular complexity index is 1340. The topological polar surface area (TPSA) is 284 Å². The van der Waals surface area contributed by atoms with Gasteiger partial charge in [-0.15, -0.1) is 0 Å². The van der Waals surface area contributed by atoms with Gasteiger partial charge in [-0.1, -0.05) is 11.6 Å². The molecule has 1 fully saturated rings. The van der Waals surface area contributed by atoms with Crippen LogP contribution in [-0.2, 0) is 38.4 Å². The highest BCUT2D eigenvalue weighted by atomic mass is 35.5. The Labute approximate surface area is 292 Å². The minimum absolute atomic E-state index is 0.0539. The van der Waals surface area contributed by atoms with Gasteiger partial charge in [0.2, 0.25) is 29.5 Å². The molecule has 8 N–H and O–H groups in total. The van der Waals surface area contributed by atoms with Gasteiger partial charge in [-0.2, -0.15) is 0 Å². The molecule has 0 bridgehead atoms. The first-order valence-corrected chi connectivity index (χ1v) is 16.6. The standard InChI is InChI=1S/C30H45ClN6O13/c1-18(38)35(49)14-6-2-4-12-32-22(40)16-30(48,29(46)47)17-23(41)33-13-5-3-7-15-36(50)24(42)11-10-21(39)34-25-20-9-8-19(31)26(28(44)45)37(20)27(25)43/h20,25,48-50H,2-17H2,1H3,(H,32,40)(H,33,41)(H,34,39)(H,44,45)(H,46,47)/t20-,25+,30?/m1/s1. The van der Waals surface area contributed by atoms with Crippen LogP contribution in [0.15, 0.2) is 10.7 Å². The number of fused-ring (bicyclic) bond motifs is 1. The summed E-state index contributed by atoms with van der Waals surface area (Å²) in [5.41, 5.74) is -2.94. The number of carboxylic acid groups (broad SMARTS) is 2. The highest BCUT2D eigenvalue weighted by molar-refractivity contribution is 6.32. The van der Waals surface area contributed by atoms with Crippen LogP contribution in [0.3, 0.4) is 0 Å². The lowest BCUT2D eigenvalue weighted by Gasteiger charge is -2.49. The molecule has 19 nitrogen and oxygen atoms in total. The number of nitrogens with one attached hydrogen (secondary N) is 3.